The predicted molar refractivity (Wildman–Crippen MR) is 164 cm³/mol. The summed E-state index contributed by atoms with van der Waals surface area (Å²) in [7, 11) is 0. The Balaban J connectivity index is 0.00000506. The maximum absolute atomic E-state index is 13.3. The van der Waals surface area contributed by atoms with E-state index in [2.05, 4.69) is 25.9 Å². The molecule has 1 aliphatic rings. The van der Waals surface area contributed by atoms with Crippen molar-refractivity contribution in [3.05, 3.63) is 69.8 Å². The van der Waals surface area contributed by atoms with Crippen LogP contribution in [0.4, 0.5) is 0 Å². The van der Waals surface area contributed by atoms with E-state index >= 15 is 0 Å². The molecular formula is C29H38ClN7O5S. The maximum atomic E-state index is 13.3. The van der Waals surface area contributed by atoms with E-state index in [9.17, 15) is 19.2 Å². The lowest BCUT2D eigenvalue weighted by Crippen LogP contribution is -2.52. The largest absolute Gasteiger partial charge is 0.446 e. The lowest BCUT2D eigenvalue weighted by atomic mass is 10.0. The van der Waals surface area contributed by atoms with Crippen LogP contribution in [0.2, 0.25) is 0 Å². The minimum absolute atomic E-state index is 0. The molecule has 5 N–H and O–H groups in total. The second-order valence-corrected chi connectivity index (χ2v) is 11.8. The molecule has 2 aromatic heterocycles. The van der Waals surface area contributed by atoms with Gasteiger partial charge in [0.1, 0.15) is 23.0 Å². The normalized spacial score (nSPS) is 19.0. The molecule has 4 rings (SSSR count). The van der Waals surface area contributed by atoms with Crippen LogP contribution in [0.3, 0.4) is 0 Å². The molecule has 0 saturated heterocycles. The molecule has 0 spiro atoms. The van der Waals surface area contributed by atoms with Gasteiger partial charge in [0.05, 0.1) is 18.6 Å². The molecule has 0 radical (unpaired) electrons. The van der Waals surface area contributed by atoms with E-state index in [-0.39, 0.29) is 61.2 Å². The van der Waals surface area contributed by atoms with Gasteiger partial charge in [-0.25, -0.2) is 9.97 Å². The monoisotopic (exact) mass is 631 g/mol. The first-order valence-corrected chi connectivity index (χ1v) is 14.8. The number of carbonyl (C=O) groups is 4. The summed E-state index contributed by atoms with van der Waals surface area (Å²) >= 11 is 1.26. The third-order valence-corrected chi connectivity index (χ3v) is 7.89. The van der Waals surface area contributed by atoms with Crippen LogP contribution >= 0.6 is 23.7 Å². The van der Waals surface area contributed by atoms with Gasteiger partial charge in [-0.05, 0) is 17.4 Å². The van der Waals surface area contributed by atoms with Crippen LogP contribution in [0.25, 0.3) is 0 Å². The molecular weight excluding hydrogens is 594 g/mol. The smallest absolute Gasteiger partial charge is 0.273 e. The number of hydrogen-bond donors (Lipinski definition) is 4. The first kappa shape index (κ1) is 33.7. The Morgan fingerprint density at radius 2 is 1.79 bits per heavy atom. The number of carbonyl (C=O) groups excluding carboxylic acids is 4. The zero-order chi connectivity index (χ0) is 30.4. The summed E-state index contributed by atoms with van der Waals surface area (Å²) < 4.78 is 5.66. The van der Waals surface area contributed by atoms with E-state index in [1.807, 2.05) is 58.0 Å². The van der Waals surface area contributed by atoms with Gasteiger partial charge in [-0.2, -0.15) is 0 Å². The molecule has 0 fully saturated rings. The molecule has 1 aromatic carbocycles. The number of aromatic nitrogens is 2. The SMILES string of the molecule is CC(C)[C@@H]1NC(=O)CN(C(=O)[C@H](N)C(C)C)CCNC(=O)c2coc(n2)[C@H](Cc2ccccc2)NC(=O)c2csc1n2.Cl. The van der Waals surface area contributed by atoms with Gasteiger partial charge in [0.15, 0.2) is 5.69 Å². The summed E-state index contributed by atoms with van der Waals surface area (Å²) in [4.78, 5) is 62.8. The van der Waals surface area contributed by atoms with Crippen LogP contribution in [-0.4, -0.2) is 64.2 Å². The van der Waals surface area contributed by atoms with Crippen molar-refractivity contribution in [1.82, 2.24) is 30.8 Å². The number of fused-ring (bicyclic) bond motifs is 4. The number of hydrogen-bond acceptors (Lipinski definition) is 9. The highest BCUT2D eigenvalue weighted by atomic mass is 35.5. The number of oxazole rings is 1. The number of benzene rings is 1. The van der Waals surface area contributed by atoms with Gasteiger partial charge in [0.2, 0.25) is 17.7 Å². The van der Waals surface area contributed by atoms with E-state index < -0.39 is 41.8 Å². The fraction of sp³-hybridized carbons (Fsp3) is 0.448. The highest BCUT2D eigenvalue weighted by molar-refractivity contribution is 7.09. The number of halogens is 1. The van der Waals surface area contributed by atoms with Crippen molar-refractivity contribution in [3.8, 4) is 0 Å². The van der Waals surface area contributed by atoms with Gasteiger partial charge in [-0.1, -0.05) is 58.0 Å². The third-order valence-electron chi connectivity index (χ3n) is 6.96. The second kappa shape index (κ2) is 15.1. The van der Waals surface area contributed by atoms with Crippen molar-refractivity contribution >= 4 is 47.4 Å². The van der Waals surface area contributed by atoms with Gasteiger partial charge >= 0.3 is 0 Å². The highest BCUT2D eigenvalue weighted by Crippen LogP contribution is 2.26. The molecule has 3 heterocycles. The molecule has 0 unspecified atom stereocenters. The zero-order valence-corrected chi connectivity index (χ0v) is 26.2. The average molecular weight is 632 g/mol. The lowest BCUT2D eigenvalue weighted by Gasteiger charge is -2.28. The molecule has 0 aliphatic carbocycles. The summed E-state index contributed by atoms with van der Waals surface area (Å²) in [6.45, 7) is 7.37. The maximum Gasteiger partial charge on any atom is 0.273 e. The van der Waals surface area contributed by atoms with Crippen molar-refractivity contribution in [1.29, 1.82) is 0 Å². The third kappa shape index (κ3) is 8.62. The molecule has 1 aliphatic heterocycles. The lowest BCUT2D eigenvalue weighted by molar-refractivity contribution is -0.138. The number of amides is 4. The molecule has 232 valence electrons. The molecule has 12 nitrogen and oxygen atoms in total. The Hall–Kier alpha value is -3.81. The Morgan fingerprint density at radius 3 is 2.47 bits per heavy atom. The van der Waals surface area contributed by atoms with Gasteiger partial charge < -0.3 is 31.0 Å². The number of nitrogens with one attached hydrogen (secondary N) is 3. The van der Waals surface area contributed by atoms with E-state index in [1.165, 1.54) is 22.5 Å². The minimum atomic E-state index is -0.813. The molecule has 43 heavy (non-hydrogen) atoms. The van der Waals surface area contributed by atoms with Crippen LogP contribution in [0.15, 0.2) is 46.4 Å². The Morgan fingerprint density at radius 1 is 1.07 bits per heavy atom. The number of rotatable bonds is 5. The first-order chi connectivity index (χ1) is 20.0. The minimum Gasteiger partial charge on any atom is -0.446 e. The Labute approximate surface area is 260 Å². The van der Waals surface area contributed by atoms with E-state index in [1.54, 1.807) is 5.38 Å². The topological polar surface area (TPSA) is 173 Å². The Bertz CT molecular complexity index is 1410. The van der Waals surface area contributed by atoms with Gasteiger partial charge in [-0.3, -0.25) is 19.2 Å². The van der Waals surface area contributed by atoms with Crippen molar-refractivity contribution < 1.29 is 23.6 Å². The van der Waals surface area contributed by atoms with Crippen molar-refractivity contribution in [2.45, 2.75) is 52.2 Å². The summed E-state index contributed by atoms with van der Waals surface area (Å²) in [5.74, 6) is -1.81. The van der Waals surface area contributed by atoms with Crippen molar-refractivity contribution in [3.63, 3.8) is 0 Å². The number of nitrogens with two attached hydrogens (primary N) is 1. The molecule has 14 heteroatoms. The fourth-order valence-corrected chi connectivity index (χ4v) is 5.45. The van der Waals surface area contributed by atoms with E-state index in [0.717, 1.165) is 5.56 Å². The fourth-order valence-electron chi connectivity index (χ4n) is 4.43. The van der Waals surface area contributed by atoms with Crippen LogP contribution in [-0.2, 0) is 16.0 Å². The zero-order valence-electron chi connectivity index (χ0n) is 24.5. The number of nitrogens with zero attached hydrogens (tertiary/aromatic N) is 3. The second-order valence-electron chi connectivity index (χ2n) is 10.9. The molecule has 0 saturated carbocycles. The molecule has 3 atom stereocenters. The average Bonchev–Trinajstić information content (AvgIpc) is 3.65. The quantitative estimate of drug-likeness (QED) is 0.333. The van der Waals surface area contributed by atoms with Crippen LogP contribution in [0.1, 0.15) is 77.2 Å². The van der Waals surface area contributed by atoms with E-state index in [4.69, 9.17) is 10.2 Å². The van der Waals surface area contributed by atoms with Crippen LogP contribution < -0.4 is 21.7 Å². The van der Waals surface area contributed by atoms with Gasteiger partial charge in [0, 0.05) is 24.9 Å². The summed E-state index contributed by atoms with van der Waals surface area (Å²) in [5, 5.41) is 10.8. The highest BCUT2D eigenvalue weighted by Gasteiger charge is 2.30. The summed E-state index contributed by atoms with van der Waals surface area (Å²) in [6.07, 6.45) is 1.59. The standard InChI is InChI=1S/C29H37N7O5S.ClH/c1-16(2)23(30)29(40)36-11-10-31-25(38)20-14-41-27(33-20)19(12-18-8-6-5-7-9-18)32-26(39)21-15-42-28(34-21)24(17(3)4)35-22(37)13-36;/h5-9,14-17,19,23-24H,10-13,30H2,1-4H3,(H,31,38)(H,32,39)(H,35,37);1H/t19-,23+,24-;/m0./s1. The predicted octanol–water partition coefficient (Wildman–Crippen LogP) is 2.64. The van der Waals surface area contributed by atoms with Gasteiger partial charge in [-0.15, -0.1) is 23.7 Å². The van der Waals surface area contributed by atoms with Crippen molar-refractivity contribution in [2.24, 2.45) is 17.6 Å². The molecule has 4 amide bonds. The first-order valence-electron chi connectivity index (χ1n) is 13.9. The van der Waals surface area contributed by atoms with Gasteiger partial charge in [0.25, 0.3) is 11.8 Å². The van der Waals surface area contributed by atoms with Crippen molar-refractivity contribution in [2.75, 3.05) is 19.6 Å². The molecule has 3 aromatic rings. The number of thiazole rings is 1. The summed E-state index contributed by atoms with van der Waals surface area (Å²) in [6, 6.07) is 7.53. The van der Waals surface area contributed by atoms with Crippen LogP contribution in [0.5, 0.6) is 0 Å². The van der Waals surface area contributed by atoms with E-state index in [0.29, 0.717) is 11.4 Å². The summed E-state index contributed by atoms with van der Waals surface area (Å²) in [5.41, 5.74) is 7.26. The molecule has 4 bridgehead atoms. The van der Waals surface area contributed by atoms with Crippen LogP contribution in [0, 0.1) is 11.8 Å². The Kier molecular flexibility index (Phi) is 11.8.